The third-order valence-electron chi connectivity index (χ3n) is 3.52. The van der Waals surface area contributed by atoms with Crippen LogP contribution in [0.15, 0.2) is 5.38 Å². The molecule has 1 saturated heterocycles. The number of aromatic nitrogens is 1. The fourth-order valence-electron chi connectivity index (χ4n) is 2.28. The first kappa shape index (κ1) is 14.7. The number of anilines is 1. The summed E-state index contributed by atoms with van der Waals surface area (Å²) in [6, 6.07) is 0.300. The zero-order chi connectivity index (χ0) is 14.0. The number of thiazole rings is 1. The van der Waals surface area contributed by atoms with E-state index in [1.165, 1.54) is 0 Å². The largest absolute Gasteiger partial charge is 0.347 e. The van der Waals surface area contributed by atoms with Gasteiger partial charge in [-0.3, -0.25) is 0 Å². The van der Waals surface area contributed by atoms with Crippen LogP contribution in [0.1, 0.15) is 32.0 Å². The molecule has 1 N–H and O–H groups in total. The maximum atomic E-state index is 11.5. The van der Waals surface area contributed by atoms with Gasteiger partial charge in [0.2, 0.25) is 0 Å². The van der Waals surface area contributed by atoms with Gasteiger partial charge in [0.15, 0.2) is 15.0 Å². The lowest BCUT2D eigenvalue weighted by atomic mass is 10.2. The number of nitrogens with one attached hydrogen (secondary N) is 1. The molecule has 1 aliphatic heterocycles. The van der Waals surface area contributed by atoms with Crippen molar-refractivity contribution in [2.75, 3.05) is 30.0 Å². The fraction of sp³-hybridized carbons (Fsp3) is 0.750. The maximum absolute atomic E-state index is 11.5. The molecule has 2 atom stereocenters. The summed E-state index contributed by atoms with van der Waals surface area (Å²) < 4.78 is 23.0. The maximum Gasteiger partial charge on any atom is 0.185 e. The average Bonchev–Trinajstić information content (AvgIpc) is 2.95. The van der Waals surface area contributed by atoms with Gasteiger partial charge in [-0.25, -0.2) is 13.4 Å². The average molecular weight is 303 g/mol. The monoisotopic (exact) mass is 303 g/mol. The van der Waals surface area contributed by atoms with Crippen molar-refractivity contribution in [2.24, 2.45) is 0 Å². The van der Waals surface area contributed by atoms with E-state index in [0.717, 1.165) is 17.4 Å². The summed E-state index contributed by atoms with van der Waals surface area (Å²) in [7, 11) is -0.907. The van der Waals surface area contributed by atoms with E-state index in [0.29, 0.717) is 12.2 Å². The predicted molar refractivity (Wildman–Crippen MR) is 79.7 cm³/mol. The SMILES string of the molecule is CCNC(C)c1csc(N(C)C2CCS(=O)(=O)C2)n1. The van der Waals surface area contributed by atoms with Crippen LogP contribution in [0.25, 0.3) is 0 Å². The Bertz CT molecular complexity index is 527. The molecular formula is C12H21N3O2S2. The molecular weight excluding hydrogens is 282 g/mol. The minimum absolute atomic E-state index is 0.0680. The highest BCUT2D eigenvalue weighted by Gasteiger charge is 2.31. The van der Waals surface area contributed by atoms with Crippen LogP contribution < -0.4 is 10.2 Å². The van der Waals surface area contributed by atoms with E-state index in [1.54, 1.807) is 11.3 Å². The van der Waals surface area contributed by atoms with E-state index in [4.69, 9.17) is 0 Å². The Morgan fingerprint density at radius 2 is 2.37 bits per heavy atom. The van der Waals surface area contributed by atoms with Crippen molar-refractivity contribution in [1.29, 1.82) is 0 Å². The highest BCUT2D eigenvalue weighted by Crippen LogP contribution is 2.27. The van der Waals surface area contributed by atoms with Crippen LogP contribution in [0.2, 0.25) is 0 Å². The van der Waals surface area contributed by atoms with Gasteiger partial charge in [-0.1, -0.05) is 6.92 Å². The van der Waals surface area contributed by atoms with Crippen molar-refractivity contribution in [3.05, 3.63) is 11.1 Å². The molecule has 2 rings (SSSR count). The second-order valence-corrected chi connectivity index (χ2v) is 8.07. The van der Waals surface area contributed by atoms with Crippen LogP contribution in [-0.4, -0.2) is 44.5 Å². The van der Waals surface area contributed by atoms with Crippen molar-refractivity contribution in [2.45, 2.75) is 32.4 Å². The molecule has 0 aromatic carbocycles. The van der Waals surface area contributed by atoms with E-state index in [2.05, 4.69) is 24.1 Å². The van der Waals surface area contributed by atoms with Gasteiger partial charge in [0, 0.05) is 24.5 Å². The molecule has 2 heterocycles. The Balaban J connectivity index is 2.06. The summed E-state index contributed by atoms with van der Waals surface area (Å²) in [6.07, 6.45) is 0.705. The summed E-state index contributed by atoms with van der Waals surface area (Å²) in [5, 5.41) is 6.28. The van der Waals surface area contributed by atoms with Crippen molar-refractivity contribution in [1.82, 2.24) is 10.3 Å². The molecule has 1 aromatic heterocycles. The number of nitrogens with zero attached hydrogens (tertiary/aromatic N) is 2. The lowest BCUT2D eigenvalue weighted by Crippen LogP contribution is -2.32. The van der Waals surface area contributed by atoms with Gasteiger partial charge < -0.3 is 10.2 Å². The van der Waals surface area contributed by atoms with E-state index >= 15 is 0 Å². The first-order valence-electron chi connectivity index (χ1n) is 6.55. The third-order valence-corrected chi connectivity index (χ3v) is 6.22. The summed E-state index contributed by atoms with van der Waals surface area (Å²) >= 11 is 1.58. The standard InChI is InChI=1S/C12H21N3O2S2/c1-4-13-9(2)11-7-18-12(14-11)15(3)10-5-6-19(16,17)8-10/h7,9-10,13H,4-6,8H2,1-3H3. The van der Waals surface area contributed by atoms with Crippen LogP contribution in [0.4, 0.5) is 5.13 Å². The Hall–Kier alpha value is -0.660. The molecule has 1 fully saturated rings. The Morgan fingerprint density at radius 3 is 2.95 bits per heavy atom. The van der Waals surface area contributed by atoms with Crippen LogP contribution in [0.3, 0.4) is 0 Å². The number of sulfone groups is 1. The molecule has 1 aliphatic rings. The van der Waals surface area contributed by atoms with E-state index in [-0.39, 0.29) is 17.8 Å². The smallest absolute Gasteiger partial charge is 0.185 e. The summed E-state index contributed by atoms with van der Waals surface area (Å²) in [5.74, 6) is 0.551. The first-order chi connectivity index (χ1) is 8.93. The molecule has 19 heavy (non-hydrogen) atoms. The first-order valence-corrected chi connectivity index (χ1v) is 9.25. The summed E-state index contributed by atoms with van der Waals surface area (Å²) in [5.41, 5.74) is 1.02. The van der Waals surface area contributed by atoms with Gasteiger partial charge >= 0.3 is 0 Å². The lowest BCUT2D eigenvalue weighted by molar-refractivity contribution is 0.584. The van der Waals surface area contributed by atoms with E-state index in [1.807, 2.05) is 17.3 Å². The zero-order valence-corrected chi connectivity index (χ0v) is 13.2. The molecule has 0 spiro atoms. The quantitative estimate of drug-likeness (QED) is 0.892. The highest BCUT2D eigenvalue weighted by atomic mass is 32.2. The van der Waals surface area contributed by atoms with E-state index < -0.39 is 9.84 Å². The number of hydrogen-bond acceptors (Lipinski definition) is 6. The zero-order valence-electron chi connectivity index (χ0n) is 11.6. The fourth-order valence-corrected chi connectivity index (χ4v) is 5.02. The van der Waals surface area contributed by atoms with Gasteiger partial charge in [-0.2, -0.15) is 0 Å². The normalized spacial score (nSPS) is 23.4. The Kier molecular flexibility index (Phi) is 4.47. The topological polar surface area (TPSA) is 62.3 Å². The molecule has 0 aliphatic carbocycles. The third kappa shape index (κ3) is 3.46. The predicted octanol–water partition coefficient (Wildman–Crippen LogP) is 1.44. The summed E-state index contributed by atoms with van der Waals surface area (Å²) in [4.78, 5) is 6.62. The molecule has 0 saturated carbocycles. The van der Waals surface area contributed by atoms with Crippen molar-refractivity contribution in [3.63, 3.8) is 0 Å². The second-order valence-electron chi connectivity index (χ2n) is 5.00. The highest BCUT2D eigenvalue weighted by molar-refractivity contribution is 7.91. The minimum Gasteiger partial charge on any atom is -0.347 e. The lowest BCUT2D eigenvalue weighted by Gasteiger charge is -2.22. The molecule has 2 unspecified atom stereocenters. The van der Waals surface area contributed by atoms with Gasteiger partial charge in [0.1, 0.15) is 0 Å². The van der Waals surface area contributed by atoms with Crippen LogP contribution >= 0.6 is 11.3 Å². The van der Waals surface area contributed by atoms with Crippen LogP contribution in [0.5, 0.6) is 0 Å². The van der Waals surface area contributed by atoms with Gasteiger partial charge in [0.05, 0.1) is 17.2 Å². The minimum atomic E-state index is -2.84. The van der Waals surface area contributed by atoms with Crippen molar-refractivity contribution < 1.29 is 8.42 Å². The number of hydrogen-bond donors (Lipinski definition) is 1. The van der Waals surface area contributed by atoms with Crippen LogP contribution in [0, 0.1) is 0 Å². The van der Waals surface area contributed by atoms with Crippen molar-refractivity contribution in [3.8, 4) is 0 Å². The molecule has 1 aromatic rings. The molecule has 0 amide bonds. The molecule has 0 radical (unpaired) electrons. The Morgan fingerprint density at radius 1 is 1.63 bits per heavy atom. The van der Waals surface area contributed by atoms with Gasteiger partial charge in [-0.05, 0) is 19.9 Å². The van der Waals surface area contributed by atoms with Crippen LogP contribution in [-0.2, 0) is 9.84 Å². The Labute approximate surface area is 119 Å². The molecule has 5 nitrogen and oxygen atoms in total. The molecule has 108 valence electrons. The van der Waals surface area contributed by atoms with Crippen molar-refractivity contribution >= 4 is 26.3 Å². The molecule has 0 bridgehead atoms. The summed E-state index contributed by atoms with van der Waals surface area (Å²) in [6.45, 7) is 5.06. The van der Waals surface area contributed by atoms with E-state index in [9.17, 15) is 8.42 Å². The van der Waals surface area contributed by atoms with Gasteiger partial charge in [0.25, 0.3) is 0 Å². The number of rotatable bonds is 5. The molecule has 7 heteroatoms. The van der Waals surface area contributed by atoms with Gasteiger partial charge in [-0.15, -0.1) is 11.3 Å². The second kappa shape index (κ2) is 5.76.